The number of amides is 1. The number of hydrogen-bond acceptors (Lipinski definition) is 4. The molecular weight excluding hydrogens is 306 g/mol. The lowest BCUT2D eigenvalue weighted by atomic mass is 10.2. The van der Waals surface area contributed by atoms with Crippen molar-refractivity contribution in [3.8, 4) is 17.2 Å². The predicted molar refractivity (Wildman–Crippen MR) is 82.9 cm³/mol. The second-order valence-electron chi connectivity index (χ2n) is 4.81. The van der Waals surface area contributed by atoms with Gasteiger partial charge in [-0.05, 0) is 36.8 Å². The van der Waals surface area contributed by atoms with E-state index in [0.717, 1.165) is 5.56 Å². The Kier molecular flexibility index (Phi) is 4.06. The molecule has 0 radical (unpaired) electrons. The number of nitrogens with one attached hydrogen (secondary N) is 1. The molecule has 0 saturated carbocycles. The van der Waals surface area contributed by atoms with Crippen LogP contribution in [0.4, 0.5) is 5.69 Å². The smallest absolute Gasteiger partial charge is 0.262 e. The molecule has 1 aliphatic rings. The molecule has 22 heavy (non-hydrogen) atoms. The third kappa shape index (κ3) is 3.26. The first-order chi connectivity index (χ1) is 10.6. The van der Waals surface area contributed by atoms with E-state index in [0.29, 0.717) is 28.0 Å². The Morgan fingerprint density at radius 3 is 2.91 bits per heavy atom. The first-order valence-corrected chi connectivity index (χ1v) is 7.08. The number of anilines is 1. The van der Waals surface area contributed by atoms with Crippen molar-refractivity contribution in [2.75, 3.05) is 18.7 Å². The van der Waals surface area contributed by atoms with E-state index in [-0.39, 0.29) is 19.3 Å². The normalized spacial score (nSPS) is 12.1. The fraction of sp³-hybridized carbons (Fsp3) is 0.188. The molecule has 0 atom stereocenters. The van der Waals surface area contributed by atoms with Crippen LogP contribution in [0.5, 0.6) is 17.2 Å². The van der Waals surface area contributed by atoms with Gasteiger partial charge in [0.1, 0.15) is 5.75 Å². The van der Waals surface area contributed by atoms with Crippen LogP contribution in [0.3, 0.4) is 0 Å². The summed E-state index contributed by atoms with van der Waals surface area (Å²) >= 11 is 5.92. The first-order valence-electron chi connectivity index (χ1n) is 6.70. The maximum atomic E-state index is 11.9. The Bertz CT molecular complexity index is 717. The van der Waals surface area contributed by atoms with Crippen LogP contribution in [0.25, 0.3) is 0 Å². The molecule has 114 valence electrons. The Morgan fingerprint density at radius 2 is 2.05 bits per heavy atom. The highest BCUT2D eigenvalue weighted by Crippen LogP contribution is 2.35. The summed E-state index contributed by atoms with van der Waals surface area (Å²) in [4.78, 5) is 11.9. The molecule has 1 amide bonds. The zero-order chi connectivity index (χ0) is 15.5. The van der Waals surface area contributed by atoms with Gasteiger partial charge in [-0.2, -0.15) is 0 Å². The molecule has 2 aromatic carbocycles. The molecule has 3 rings (SSSR count). The SMILES string of the molecule is Cc1ccc(Cl)cc1NC(=O)COc1ccc2c(c1)OCO2. The van der Waals surface area contributed by atoms with E-state index in [1.54, 1.807) is 30.3 Å². The Morgan fingerprint density at radius 1 is 1.23 bits per heavy atom. The van der Waals surface area contributed by atoms with Gasteiger partial charge < -0.3 is 19.5 Å². The van der Waals surface area contributed by atoms with Crippen LogP contribution in [-0.2, 0) is 4.79 Å². The van der Waals surface area contributed by atoms with Gasteiger partial charge in [-0.3, -0.25) is 4.79 Å². The quantitative estimate of drug-likeness (QED) is 0.938. The van der Waals surface area contributed by atoms with Gasteiger partial charge in [0.25, 0.3) is 5.91 Å². The highest BCUT2D eigenvalue weighted by molar-refractivity contribution is 6.31. The van der Waals surface area contributed by atoms with Gasteiger partial charge in [0.2, 0.25) is 6.79 Å². The molecule has 2 aromatic rings. The van der Waals surface area contributed by atoms with Gasteiger partial charge >= 0.3 is 0 Å². The summed E-state index contributed by atoms with van der Waals surface area (Å²) in [5.41, 5.74) is 1.60. The van der Waals surface area contributed by atoms with Gasteiger partial charge in [-0.25, -0.2) is 0 Å². The van der Waals surface area contributed by atoms with Gasteiger partial charge in [0.05, 0.1) is 0 Å². The molecule has 6 heteroatoms. The number of ether oxygens (including phenoxy) is 3. The van der Waals surface area contributed by atoms with Crippen molar-refractivity contribution in [3.63, 3.8) is 0 Å². The van der Waals surface area contributed by atoms with E-state index in [2.05, 4.69) is 5.32 Å². The van der Waals surface area contributed by atoms with Crippen LogP contribution in [0.15, 0.2) is 36.4 Å². The molecule has 0 saturated heterocycles. The third-order valence-corrected chi connectivity index (χ3v) is 3.42. The Hall–Kier alpha value is -2.40. The van der Waals surface area contributed by atoms with E-state index in [4.69, 9.17) is 25.8 Å². The van der Waals surface area contributed by atoms with E-state index in [1.807, 2.05) is 13.0 Å². The van der Waals surface area contributed by atoms with Gasteiger partial charge in [-0.1, -0.05) is 17.7 Å². The lowest BCUT2D eigenvalue weighted by Gasteiger charge is -2.10. The number of carbonyl (C=O) groups excluding carboxylic acids is 1. The molecule has 0 aromatic heterocycles. The van der Waals surface area contributed by atoms with E-state index < -0.39 is 0 Å². The predicted octanol–water partition coefficient (Wildman–Crippen LogP) is 3.39. The van der Waals surface area contributed by atoms with Gasteiger partial charge in [0.15, 0.2) is 18.1 Å². The van der Waals surface area contributed by atoms with Gasteiger partial charge in [0, 0.05) is 16.8 Å². The maximum Gasteiger partial charge on any atom is 0.262 e. The highest BCUT2D eigenvalue weighted by atomic mass is 35.5. The number of halogens is 1. The zero-order valence-electron chi connectivity index (χ0n) is 11.9. The number of fused-ring (bicyclic) bond motifs is 1. The molecule has 0 fully saturated rings. The largest absolute Gasteiger partial charge is 0.484 e. The number of carbonyl (C=O) groups is 1. The fourth-order valence-corrected chi connectivity index (χ4v) is 2.20. The highest BCUT2D eigenvalue weighted by Gasteiger charge is 2.14. The fourth-order valence-electron chi connectivity index (χ4n) is 2.03. The number of hydrogen-bond donors (Lipinski definition) is 1. The third-order valence-electron chi connectivity index (χ3n) is 3.19. The van der Waals surface area contributed by atoms with Crippen molar-refractivity contribution in [1.82, 2.24) is 0 Å². The first kappa shape index (κ1) is 14.5. The Balaban J connectivity index is 1.59. The molecule has 1 N–H and O–H groups in total. The molecular formula is C16H14ClNO4. The molecule has 1 aliphatic heterocycles. The number of aryl methyl sites for hydroxylation is 1. The second-order valence-corrected chi connectivity index (χ2v) is 5.25. The average Bonchev–Trinajstić information content (AvgIpc) is 2.96. The van der Waals surface area contributed by atoms with Crippen molar-refractivity contribution in [3.05, 3.63) is 47.0 Å². The molecule has 0 unspecified atom stereocenters. The Labute approximate surface area is 132 Å². The minimum Gasteiger partial charge on any atom is -0.484 e. The molecule has 0 aliphatic carbocycles. The zero-order valence-corrected chi connectivity index (χ0v) is 12.6. The van der Waals surface area contributed by atoms with Crippen molar-refractivity contribution in [1.29, 1.82) is 0 Å². The monoisotopic (exact) mass is 319 g/mol. The standard InChI is InChI=1S/C16H14ClNO4/c1-10-2-3-11(17)6-13(10)18-16(19)8-20-12-4-5-14-15(7-12)22-9-21-14/h2-7H,8-9H2,1H3,(H,18,19). The van der Waals surface area contributed by atoms with Crippen LogP contribution in [0.2, 0.25) is 5.02 Å². The number of benzene rings is 2. The summed E-state index contributed by atoms with van der Waals surface area (Å²) in [6.07, 6.45) is 0. The molecule has 0 bridgehead atoms. The summed E-state index contributed by atoms with van der Waals surface area (Å²) in [5, 5.41) is 3.34. The minimum atomic E-state index is -0.261. The van der Waals surface area contributed by atoms with Crippen molar-refractivity contribution < 1.29 is 19.0 Å². The summed E-state index contributed by atoms with van der Waals surface area (Å²) in [6.45, 7) is 1.99. The summed E-state index contributed by atoms with van der Waals surface area (Å²) in [7, 11) is 0. The summed E-state index contributed by atoms with van der Waals surface area (Å²) in [5.74, 6) is 1.57. The lowest BCUT2D eigenvalue weighted by molar-refractivity contribution is -0.118. The van der Waals surface area contributed by atoms with Crippen LogP contribution < -0.4 is 19.5 Å². The van der Waals surface area contributed by atoms with Crippen molar-refractivity contribution in [2.24, 2.45) is 0 Å². The van der Waals surface area contributed by atoms with Crippen molar-refractivity contribution in [2.45, 2.75) is 6.92 Å². The average molecular weight is 320 g/mol. The van der Waals surface area contributed by atoms with E-state index >= 15 is 0 Å². The second kappa shape index (κ2) is 6.15. The molecule has 5 nitrogen and oxygen atoms in total. The van der Waals surface area contributed by atoms with Gasteiger partial charge in [-0.15, -0.1) is 0 Å². The number of rotatable bonds is 4. The molecule has 0 spiro atoms. The van der Waals surface area contributed by atoms with E-state index in [9.17, 15) is 4.79 Å². The van der Waals surface area contributed by atoms with Crippen LogP contribution in [-0.4, -0.2) is 19.3 Å². The van der Waals surface area contributed by atoms with E-state index in [1.165, 1.54) is 0 Å². The summed E-state index contributed by atoms with van der Waals surface area (Å²) < 4.78 is 15.9. The van der Waals surface area contributed by atoms with Crippen molar-refractivity contribution >= 4 is 23.2 Å². The van der Waals surface area contributed by atoms with Crippen LogP contribution in [0.1, 0.15) is 5.56 Å². The van der Waals surface area contributed by atoms with Crippen LogP contribution in [0, 0.1) is 6.92 Å². The molecule has 1 heterocycles. The lowest BCUT2D eigenvalue weighted by Crippen LogP contribution is -2.20. The minimum absolute atomic E-state index is 0.106. The summed E-state index contributed by atoms with van der Waals surface area (Å²) in [6, 6.07) is 10.5. The maximum absolute atomic E-state index is 11.9. The topological polar surface area (TPSA) is 56.8 Å². The van der Waals surface area contributed by atoms with Crippen LogP contribution >= 0.6 is 11.6 Å².